The molecule has 0 amide bonds. The zero-order chi connectivity index (χ0) is 19.3. The van der Waals surface area contributed by atoms with E-state index < -0.39 is 0 Å². The van der Waals surface area contributed by atoms with Crippen LogP contribution >= 0.6 is 15.9 Å². The molecule has 0 atom stereocenters. The quantitative estimate of drug-likeness (QED) is 0.476. The van der Waals surface area contributed by atoms with Crippen LogP contribution in [0.15, 0.2) is 47.2 Å². The van der Waals surface area contributed by atoms with E-state index in [4.69, 9.17) is 4.74 Å². The van der Waals surface area contributed by atoms with Crippen LogP contribution in [0, 0.1) is 0 Å². The number of hydrogen-bond donors (Lipinski definition) is 1. The molecular weight excluding hydrogens is 420 g/mol. The molecule has 1 aliphatic rings. The Labute approximate surface area is 169 Å². The summed E-state index contributed by atoms with van der Waals surface area (Å²) in [6, 6.07) is 11.7. The molecule has 0 radical (unpaired) electrons. The maximum atomic E-state index is 11.9. The largest absolute Gasteiger partial charge is 0.465 e. The molecule has 3 heterocycles. The van der Waals surface area contributed by atoms with E-state index in [1.54, 1.807) is 12.4 Å². The summed E-state index contributed by atoms with van der Waals surface area (Å²) in [5, 5.41) is 2.08. The fourth-order valence-electron chi connectivity index (χ4n) is 3.91. The van der Waals surface area contributed by atoms with E-state index in [1.807, 2.05) is 24.3 Å². The molecule has 4 aromatic rings. The van der Waals surface area contributed by atoms with Gasteiger partial charge < -0.3 is 14.6 Å². The number of carbonyl (C=O) groups is 1. The van der Waals surface area contributed by atoms with E-state index in [9.17, 15) is 4.79 Å². The van der Waals surface area contributed by atoms with Crippen LogP contribution in [0.5, 0.6) is 0 Å². The van der Waals surface area contributed by atoms with Gasteiger partial charge in [0.15, 0.2) is 0 Å². The number of halogens is 1. The molecule has 0 unspecified atom stereocenters. The van der Waals surface area contributed by atoms with Gasteiger partial charge in [0.1, 0.15) is 12.1 Å². The molecule has 1 N–H and O–H groups in total. The molecule has 0 bridgehead atoms. The highest BCUT2D eigenvalue weighted by Gasteiger charge is 2.23. The van der Waals surface area contributed by atoms with E-state index >= 15 is 0 Å². The first-order valence-electron chi connectivity index (χ1n) is 9.01. The summed E-state index contributed by atoms with van der Waals surface area (Å²) in [7, 11) is 1.40. The minimum absolute atomic E-state index is 0.323. The van der Waals surface area contributed by atoms with Gasteiger partial charge in [0.2, 0.25) is 0 Å². The molecule has 0 saturated heterocycles. The predicted molar refractivity (Wildman–Crippen MR) is 112 cm³/mol. The molecule has 5 rings (SSSR count). The smallest absolute Gasteiger partial charge is 0.337 e. The zero-order valence-corrected chi connectivity index (χ0v) is 16.8. The fourth-order valence-corrected chi connectivity index (χ4v) is 4.27. The van der Waals surface area contributed by atoms with Crippen LogP contribution in [0.4, 0.5) is 5.82 Å². The number of aromatic nitrogens is 3. The van der Waals surface area contributed by atoms with Crippen LogP contribution < -0.4 is 4.90 Å². The van der Waals surface area contributed by atoms with Gasteiger partial charge in [-0.25, -0.2) is 14.8 Å². The number of nitrogens with zero attached hydrogens (tertiary/aromatic N) is 3. The first kappa shape index (κ1) is 17.2. The Morgan fingerprint density at radius 3 is 2.93 bits per heavy atom. The van der Waals surface area contributed by atoms with Crippen molar-refractivity contribution in [2.45, 2.75) is 13.0 Å². The average molecular weight is 437 g/mol. The van der Waals surface area contributed by atoms with Crippen LogP contribution in [-0.2, 0) is 17.7 Å². The normalized spacial score (nSPS) is 13.7. The molecule has 6 nitrogen and oxygen atoms in total. The molecular formula is C21H17BrN4O2. The molecule has 2 aromatic carbocycles. The monoisotopic (exact) mass is 436 g/mol. The number of aromatic amines is 1. The Morgan fingerprint density at radius 1 is 1.18 bits per heavy atom. The SMILES string of the molecule is COC(=O)c1ccc2[nH]c3c(c2c1)CN(c1ncnc2ccc(Br)cc12)CC3. The van der Waals surface area contributed by atoms with Crippen LogP contribution in [0.3, 0.4) is 0 Å². The van der Waals surface area contributed by atoms with Crippen LogP contribution in [0.1, 0.15) is 21.6 Å². The third-order valence-corrected chi connectivity index (χ3v) is 5.77. The third kappa shape index (κ3) is 2.74. The molecule has 0 saturated carbocycles. The topological polar surface area (TPSA) is 71.1 Å². The number of methoxy groups -OCH3 is 1. The summed E-state index contributed by atoms with van der Waals surface area (Å²) >= 11 is 3.55. The molecule has 0 fully saturated rings. The number of nitrogens with one attached hydrogen (secondary N) is 1. The van der Waals surface area contributed by atoms with Gasteiger partial charge in [0, 0.05) is 51.5 Å². The second-order valence-corrected chi connectivity index (χ2v) is 7.78. The van der Waals surface area contributed by atoms with Crippen molar-refractivity contribution in [1.82, 2.24) is 15.0 Å². The number of rotatable bonds is 2. The van der Waals surface area contributed by atoms with Crippen LogP contribution in [0.2, 0.25) is 0 Å². The number of anilines is 1. The van der Waals surface area contributed by atoms with Crippen LogP contribution in [0.25, 0.3) is 21.8 Å². The lowest BCUT2D eigenvalue weighted by atomic mass is 10.0. The summed E-state index contributed by atoms with van der Waals surface area (Å²) in [5.74, 6) is 0.603. The number of benzene rings is 2. The van der Waals surface area contributed by atoms with E-state index in [0.29, 0.717) is 5.56 Å². The summed E-state index contributed by atoms with van der Waals surface area (Å²) in [4.78, 5) is 26.7. The Balaban J connectivity index is 1.60. The standard InChI is InChI=1S/C21H17BrN4O2/c1-28-21(27)12-2-4-18-14(8-12)16-10-26(7-6-19(16)25-18)20-15-9-13(22)3-5-17(15)23-11-24-20/h2-5,8-9,11,25H,6-7,10H2,1H3. The second kappa shape index (κ2) is 6.60. The van der Waals surface area contributed by atoms with Gasteiger partial charge in [0.05, 0.1) is 18.2 Å². The van der Waals surface area contributed by atoms with Crippen molar-refractivity contribution in [3.63, 3.8) is 0 Å². The molecule has 2 aromatic heterocycles. The van der Waals surface area contributed by atoms with Crippen molar-refractivity contribution in [3.05, 3.63) is 64.0 Å². The fraction of sp³-hybridized carbons (Fsp3) is 0.190. The summed E-state index contributed by atoms with van der Waals surface area (Å²) in [6.07, 6.45) is 2.50. The lowest BCUT2D eigenvalue weighted by Crippen LogP contribution is -2.31. The second-order valence-electron chi connectivity index (χ2n) is 6.86. The van der Waals surface area contributed by atoms with Gasteiger partial charge in [-0.05, 0) is 36.4 Å². The Kier molecular flexibility index (Phi) is 4.05. The number of hydrogen-bond acceptors (Lipinski definition) is 5. The third-order valence-electron chi connectivity index (χ3n) is 5.27. The summed E-state index contributed by atoms with van der Waals surface area (Å²) in [6.45, 7) is 1.58. The zero-order valence-electron chi connectivity index (χ0n) is 15.2. The molecule has 7 heteroatoms. The van der Waals surface area contributed by atoms with Gasteiger partial charge in [0.25, 0.3) is 0 Å². The minimum Gasteiger partial charge on any atom is -0.465 e. The van der Waals surface area contributed by atoms with E-state index in [2.05, 4.69) is 41.8 Å². The average Bonchev–Trinajstić information content (AvgIpc) is 3.09. The van der Waals surface area contributed by atoms with Crippen molar-refractivity contribution in [3.8, 4) is 0 Å². The Hall–Kier alpha value is -2.93. The first-order chi connectivity index (χ1) is 13.6. The highest BCUT2D eigenvalue weighted by atomic mass is 79.9. The Bertz CT molecular complexity index is 1230. The molecule has 0 aliphatic carbocycles. The van der Waals surface area contributed by atoms with Gasteiger partial charge in [-0.15, -0.1) is 0 Å². The summed E-state index contributed by atoms with van der Waals surface area (Å²) < 4.78 is 5.88. The minimum atomic E-state index is -0.323. The molecule has 0 spiro atoms. The molecule has 1 aliphatic heterocycles. The van der Waals surface area contributed by atoms with Crippen molar-refractivity contribution in [2.75, 3.05) is 18.6 Å². The lowest BCUT2D eigenvalue weighted by molar-refractivity contribution is 0.0601. The van der Waals surface area contributed by atoms with Gasteiger partial charge in [-0.2, -0.15) is 0 Å². The number of esters is 1. The number of carbonyl (C=O) groups excluding carboxylic acids is 1. The number of fused-ring (bicyclic) bond motifs is 4. The number of ether oxygens (including phenoxy) is 1. The first-order valence-corrected chi connectivity index (χ1v) is 9.80. The highest BCUT2D eigenvalue weighted by molar-refractivity contribution is 9.10. The van der Waals surface area contributed by atoms with Gasteiger partial charge in [-0.3, -0.25) is 0 Å². The Morgan fingerprint density at radius 2 is 2.07 bits per heavy atom. The van der Waals surface area contributed by atoms with Gasteiger partial charge >= 0.3 is 5.97 Å². The maximum Gasteiger partial charge on any atom is 0.337 e. The molecule has 28 heavy (non-hydrogen) atoms. The number of H-pyrrole nitrogens is 1. The lowest BCUT2D eigenvalue weighted by Gasteiger charge is -2.29. The van der Waals surface area contributed by atoms with E-state index in [0.717, 1.165) is 51.6 Å². The van der Waals surface area contributed by atoms with E-state index in [-0.39, 0.29) is 5.97 Å². The van der Waals surface area contributed by atoms with Crippen LogP contribution in [-0.4, -0.2) is 34.6 Å². The van der Waals surface area contributed by atoms with E-state index in [1.165, 1.54) is 18.4 Å². The maximum absolute atomic E-state index is 11.9. The van der Waals surface area contributed by atoms with Crippen molar-refractivity contribution < 1.29 is 9.53 Å². The van der Waals surface area contributed by atoms with Crippen molar-refractivity contribution in [1.29, 1.82) is 0 Å². The van der Waals surface area contributed by atoms with Crippen molar-refractivity contribution >= 4 is 49.5 Å². The predicted octanol–water partition coefficient (Wildman–Crippen LogP) is 4.22. The molecule has 140 valence electrons. The van der Waals surface area contributed by atoms with Crippen molar-refractivity contribution in [2.24, 2.45) is 0 Å². The highest BCUT2D eigenvalue weighted by Crippen LogP contribution is 2.33. The summed E-state index contributed by atoms with van der Waals surface area (Å²) in [5.41, 5.74) is 4.94. The van der Waals surface area contributed by atoms with Gasteiger partial charge in [-0.1, -0.05) is 15.9 Å².